The maximum absolute atomic E-state index is 12.7. The molecule has 1 aliphatic heterocycles. The number of nitrogens with one attached hydrogen (secondary N) is 2. The Bertz CT molecular complexity index is 1260. The number of carboxylic acid groups (broad SMARTS) is 1. The van der Waals surface area contributed by atoms with Crippen molar-refractivity contribution >= 4 is 29.3 Å². The zero-order chi connectivity index (χ0) is 28.2. The fraction of sp³-hybridized carbons (Fsp3) is 0.387. The van der Waals surface area contributed by atoms with Gasteiger partial charge >= 0.3 is 5.97 Å². The molecule has 3 aromatic rings. The van der Waals surface area contributed by atoms with Crippen molar-refractivity contribution in [3.63, 3.8) is 0 Å². The van der Waals surface area contributed by atoms with Crippen LogP contribution in [-0.4, -0.2) is 65.7 Å². The molecule has 40 heavy (non-hydrogen) atoms. The first-order valence-corrected chi connectivity index (χ1v) is 14.3. The molecule has 212 valence electrons. The number of pyridine rings is 1. The van der Waals surface area contributed by atoms with E-state index in [4.69, 9.17) is 21.3 Å². The maximum Gasteiger partial charge on any atom is 0.326 e. The van der Waals surface area contributed by atoms with Crippen LogP contribution in [0.15, 0.2) is 66.7 Å². The summed E-state index contributed by atoms with van der Waals surface area (Å²) in [7, 11) is 0. The highest BCUT2D eigenvalue weighted by atomic mass is 35.5. The lowest BCUT2D eigenvalue weighted by Crippen LogP contribution is -2.43. The summed E-state index contributed by atoms with van der Waals surface area (Å²) < 4.78 is 5.90. The molecule has 0 spiro atoms. The lowest BCUT2D eigenvalue weighted by Gasteiger charge is -2.24. The average Bonchev–Trinajstić information content (AvgIpc) is 2.97. The van der Waals surface area contributed by atoms with Crippen LogP contribution in [0.4, 0.5) is 5.82 Å². The number of amides is 1. The van der Waals surface area contributed by atoms with Crippen LogP contribution in [0.3, 0.4) is 0 Å². The molecule has 2 heterocycles. The van der Waals surface area contributed by atoms with Crippen LogP contribution in [0.5, 0.6) is 5.75 Å². The number of unbranched alkanes of at least 4 members (excludes halogenated alkanes) is 1. The smallest absolute Gasteiger partial charge is 0.326 e. The van der Waals surface area contributed by atoms with Crippen molar-refractivity contribution in [1.29, 1.82) is 0 Å². The highest BCUT2D eigenvalue weighted by Gasteiger charge is 2.23. The minimum atomic E-state index is -1.08. The van der Waals surface area contributed by atoms with E-state index in [9.17, 15) is 14.7 Å². The zero-order valence-electron chi connectivity index (χ0n) is 22.7. The number of ether oxygens (including phenoxy) is 1. The van der Waals surface area contributed by atoms with E-state index >= 15 is 0 Å². The van der Waals surface area contributed by atoms with Crippen molar-refractivity contribution < 1.29 is 19.4 Å². The molecule has 9 heteroatoms. The summed E-state index contributed by atoms with van der Waals surface area (Å²) in [6, 6.07) is 19.5. The quantitative estimate of drug-likeness (QED) is 0.221. The normalized spacial score (nSPS) is 13.2. The Labute approximate surface area is 240 Å². The SMILES string of the molecule is O=C(NC(CCN(CCCCc1ccc2c(n1)NCCC2)CCOc1ccccc1)C(=O)O)c1ccccc1Cl. The lowest BCUT2D eigenvalue weighted by atomic mass is 10.1. The predicted octanol–water partition coefficient (Wildman–Crippen LogP) is 5.07. The van der Waals surface area contributed by atoms with Crippen molar-refractivity contribution in [1.82, 2.24) is 15.2 Å². The number of halogens is 1. The van der Waals surface area contributed by atoms with Gasteiger partial charge in [0.1, 0.15) is 24.2 Å². The number of anilines is 1. The van der Waals surface area contributed by atoms with Gasteiger partial charge in [0.2, 0.25) is 0 Å². The second-order valence-corrected chi connectivity index (χ2v) is 10.3. The molecule has 3 N–H and O–H groups in total. The second-order valence-electron chi connectivity index (χ2n) is 9.93. The number of aliphatic carboxylic acids is 1. The van der Waals surface area contributed by atoms with Gasteiger partial charge in [-0.3, -0.25) is 9.69 Å². The van der Waals surface area contributed by atoms with Crippen LogP contribution in [0, 0.1) is 0 Å². The molecule has 0 radical (unpaired) electrons. The van der Waals surface area contributed by atoms with E-state index in [1.807, 2.05) is 30.3 Å². The number of fused-ring (bicyclic) bond motifs is 1. The van der Waals surface area contributed by atoms with Gasteiger partial charge in [0.25, 0.3) is 5.91 Å². The fourth-order valence-corrected chi connectivity index (χ4v) is 4.97. The molecule has 1 amide bonds. The number of benzene rings is 2. The van der Waals surface area contributed by atoms with Gasteiger partial charge in [-0.15, -0.1) is 0 Å². The second kappa shape index (κ2) is 15.2. The highest BCUT2D eigenvalue weighted by Crippen LogP contribution is 2.20. The summed E-state index contributed by atoms with van der Waals surface area (Å²) in [4.78, 5) is 31.7. The Morgan fingerprint density at radius 2 is 1.82 bits per heavy atom. The Morgan fingerprint density at radius 1 is 1.02 bits per heavy atom. The van der Waals surface area contributed by atoms with Gasteiger partial charge in [-0.25, -0.2) is 9.78 Å². The van der Waals surface area contributed by atoms with E-state index in [0.717, 1.165) is 62.5 Å². The molecule has 1 atom stereocenters. The molecule has 8 nitrogen and oxygen atoms in total. The average molecular weight is 565 g/mol. The molecule has 2 aromatic carbocycles. The number of hydrogen-bond donors (Lipinski definition) is 3. The van der Waals surface area contributed by atoms with E-state index in [1.165, 1.54) is 5.56 Å². The van der Waals surface area contributed by atoms with Crippen molar-refractivity contribution in [3.05, 3.63) is 88.6 Å². The summed E-state index contributed by atoms with van der Waals surface area (Å²) in [5.41, 5.74) is 2.63. The Morgan fingerprint density at radius 3 is 2.62 bits per heavy atom. The monoisotopic (exact) mass is 564 g/mol. The Balaban J connectivity index is 1.30. The van der Waals surface area contributed by atoms with Crippen molar-refractivity contribution in [2.75, 3.05) is 38.1 Å². The number of hydrogen-bond acceptors (Lipinski definition) is 6. The van der Waals surface area contributed by atoms with Crippen LogP contribution in [0.2, 0.25) is 5.02 Å². The van der Waals surface area contributed by atoms with E-state index in [2.05, 4.69) is 27.7 Å². The van der Waals surface area contributed by atoms with Gasteiger partial charge in [0.15, 0.2) is 0 Å². The molecule has 0 aliphatic carbocycles. The summed E-state index contributed by atoms with van der Waals surface area (Å²) in [5, 5.41) is 16.1. The lowest BCUT2D eigenvalue weighted by molar-refractivity contribution is -0.139. The third-order valence-electron chi connectivity index (χ3n) is 6.98. The van der Waals surface area contributed by atoms with Gasteiger partial charge in [0.05, 0.1) is 10.6 Å². The molecule has 4 rings (SSSR count). The minimum absolute atomic E-state index is 0.259. The van der Waals surface area contributed by atoms with Crippen LogP contribution in [-0.2, 0) is 17.6 Å². The Kier molecular flexibility index (Phi) is 11.2. The van der Waals surface area contributed by atoms with Crippen molar-refractivity contribution in [3.8, 4) is 5.75 Å². The van der Waals surface area contributed by atoms with Gasteiger partial charge in [-0.2, -0.15) is 0 Å². The van der Waals surface area contributed by atoms with E-state index in [1.54, 1.807) is 24.3 Å². The summed E-state index contributed by atoms with van der Waals surface area (Å²) in [6.07, 6.45) is 5.26. The predicted molar refractivity (Wildman–Crippen MR) is 157 cm³/mol. The first kappa shape index (κ1) is 29.4. The van der Waals surface area contributed by atoms with Gasteiger partial charge in [-0.05, 0) is 81.0 Å². The van der Waals surface area contributed by atoms with E-state index in [0.29, 0.717) is 19.7 Å². The van der Waals surface area contributed by atoms with Crippen LogP contribution in [0.1, 0.15) is 47.3 Å². The molecule has 1 aliphatic rings. The van der Waals surface area contributed by atoms with Crippen LogP contribution >= 0.6 is 11.6 Å². The molecule has 0 fully saturated rings. The van der Waals surface area contributed by atoms with Crippen LogP contribution < -0.4 is 15.4 Å². The third kappa shape index (κ3) is 8.96. The molecular formula is C31H37ClN4O4. The number of carbonyl (C=O) groups excluding carboxylic acids is 1. The Hall–Kier alpha value is -3.62. The summed E-state index contributed by atoms with van der Waals surface area (Å²) in [5.74, 6) is 0.240. The molecule has 0 saturated carbocycles. The molecule has 0 saturated heterocycles. The molecular weight excluding hydrogens is 528 g/mol. The minimum Gasteiger partial charge on any atom is -0.492 e. The number of aromatic nitrogens is 1. The largest absolute Gasteiger partial charge is 0.492 e. The fourth-order valence-electron chi connectivity index (χ4n) is 4.74. The number of para-hydroxylation sites is 1. The topological polar surface area (TPSA) is 104 Å². The first-order chi connectivity index (χ1) is 19.5. The van der Waals surface area contributed by atoms with Gasteiger partial charge in [0, 0.05) is 25.3 Å². The highest BCUT2D eigenvalue weighted by molar-refractivity contribution is 6.33. The molecule has 1 unspecified atom stereocenters. The standard InChI is InChI=1S/C31H37ClN4O4/c32-27-14-5-4-13-26(27)30(37)35-28(31(38)39)17-20-36(21-22-40-25-11-2-1-3-12-25)19-7-6-10-24-16-15-23-9-8-18-33-29(23)34-24/h1-5,11-16,28H,6-10,17-22H2,(H,33,34)(H,35,37)(H,38,39). The number of rotatable bonds is 15. The maximum atomic E-state index is 12.7. The number of carboxylic acids is 1. The third-order valence-corrected chi connectivity index (χ3v) is 7.31. The summed E-state index contributed by atoms with van der Waals surface area (Å²) in [6.45, 7) is 3.37. The molecule has 0 bridgehead atoms. The number of carbonyl (C=O) groups is 2. The van der Waals surface area contributed by atoms with Gasteiger partial charge in [-0.1, -0.05) is 48.0 Å². The van der Waals surface area contributed by atoms with E-state index in [-0.39, 0.29) is 17.0 Å². The van der Waals surface area contributed by atoms with Gasteiger partial charge < -0.3 is 20.5 Å². The summed E-state index contributed by atoms with van der Waals surface area (Å²) >= 11 is 6.13. The van der Waals surface area contributed by atoms with E-state index < -0.39 is 17.9 Å². The van der Waals surface area contributed by atoms with Crippen molar-refractivity contribution in [2.45, 2.75) is 44.6 Å². The van der Waals surface area contributed by atoms with Crippen molar-refractivity contribution in [2.24, 2.45) is 0 Å². The first-order valence-electron chi connectivity index (χ1n) is 13.9. The number of nitrogens with zero attached hydrogens (tertiary/aromatic N) is 2. The molecule has 1 aromatic heterocycles. The van der Waals surface area contributed by atoms with Crippen LogP contribution in [0.25, 0.3) is 0 Å². The zero-order valence-corrected chi connectivity index (χ0v) is 23.4. The number of aryl methyl sites for hydroxylation is 2.